The van der Waals surface area contributed by atoms with E-state index in [4.69, 9.17) is 18.9 Å². The third-order valence-electron chi connectivity index (χ3n) is 4.96. The number of carboxylic acids is 1. The number of hydrogen-bond acceptors (Lipinski definition) is 6. The molecule has 1 unspecified atom stereocenters. The quantitative estimate of drug-likeness (QED) is 0.898. The van der Waals surface area contributed by atoms with E-state index in [1.54, 1.807) is 0 Å². The van der Waals surface area contributed by atoms with Gasteiger partial charge in [-0.1, -0.05) is 6.07 Å². The number of likely N-dealkylation sites (tertiary alicyclic amines) is 1. The lowest BCUT2D eigenvalue weighted by molar-refractivity contribution is -0.188. The van der Waals surface area contributed by atoms with Crippen molar-refractivity contribution in [2.75, 3.05) is 33.1 Å². The molecule has 0 amide bonds. The van der Waals surface area contributed by atoms with Crippen LogP contribution in [0.5, 0.6) is 11.5 Å². The molecule has 3 aliphatic rings. The predicted molar refractivity (Wildman–Crippen MR) is 83.0 cm³/mol. The van der Waals surface area contributed by atoms with Gasteiger partial charge in [-0.15, -0.1) is 0 Å². The summed E-state index contributed by atoms with van der Waals surface area (Å²) in [5.74, 6) is 0.113. The van der Waals surface area contributed by atoms with Gasteiger partial charge in [0.15, 0.2) is 17.3 Å². The normalized spacial score (nSPS) is 23.5. The van der Waals surface area contributed by atoms with Gasteiger partial charge in [-0.2, -0.15) is 0 Å². The van der Waals surface area contributed by atoms with Crippen LogP contribution < -0.4 is 9.47 Å². The molecule has 1 spiro atoms. The average molecular weight is 335 g/mol. The van der Waals surface area contributed by atoms with Gasteiger partial charge in [0.1, 0.15) is 0 Å². The van der Waals surface area contributed by atoms with Crippen molar-refractivity contribution in [2.24, 2.45) is 0 Å². The zero-order chi connectivity index (χ0) is 16.6. The molecular formula is C17H21NO6. The Morgan fingerprint density at radius 1 is 1.17 bits per heavy atom. The molecule has 1 atom stereocenters. The Balaban J connectivity index is 1.53. The highest BCUT2D eigenvalue weighted by atomic mass is 16.7. The van der Waals surface area contributed by atoms with Crippen molar-refractivity contribution >= 4 is 5.97 Å². The Hall–Kier alpha value is -1.83. The van der Waals surface area contributed by atoms with Gasteiger partial charge in [-0.05, 0) is 17.7 Å². The van der Waals surface area contributed by atoms with Crippen molar-refractivity contribution in [3.05, 3.63) is 23.8 Å². The van der Waals surface area contributed by atoms with Crippen molar-refractivity contribution in [2.45, 2.75) is 31.1 Å². The topological polar surface area (TPSA) is 77.5 Å². The van der Waals surface area contributed by atoms with Crippen LogP contribution in [0.15, 0.2) is 18.2 Å². The number of piperidine rings is 1. The lowest BCUT2D eigenvalue weighted by atomic mass is 9.96. The molecule has 1 aromatic carbocycles. The fourth-order valence-corrected chi connectivity index (χ4v) is 3.71. The van der Waals surface area contributed by atoms with Crippen LogP contribution in [-0.4, -0.2) is 54.9 Å². The maximum atomic E-state index is 11.4. The van der Waals surface area contributed by atoms with Crippen molar-refractivity contribution < 1.29 is 28.8 Å². The molecule has 0 aliphatic carbocycles. The Labute approximate surface area is 140 Å². The smallest absolute Gasteiger partial charge is 0.305 e. The van der Waals surface area contributed by atoms with Gasteiger partial charge in [0, 0.05) is 32.0 Å². The number of carbonyl (C=O) groups is 1. The SMILES string of the molecule is O=C(O)CC(c1ccc2c(c1)OCO2)N1CCC2(CC1)OCCO2. The minimum absolute atomic E-state index is 0.0500. The van der Waals surface area contributed by atoms with Gasteiger partial charge in [0.2, 0.25) is 6.79 Å². The lowest BCUT2D eigenvalue weighted by Crippen LogP contribution is -2.46. The number of rotatable bonds is 4. The largest absolute Gasteiger partial charge is 0.481 e. The average Bonchev–Trinajstić information content (AvgIpc) is 3.22. The Morgan fingerprint density at radius 3 is 2.58 bits per heavy atom. The second-order valence-corrected chi connectivity index (χ2v) is 6.37. The summed E-state index contributed by atoms with van der Waals surface area (Å²) >= 11 is 0. The number of nitrogens with zero attached hydrogens (tertiary/aromatic N) is 1. The highest BCUT2D eigenvalue weighted by Gasteiger charge is 2.41. The van der Waals surface area contributed by atoms with E-state index in [1.807, 2.05) is 18.2 Å². The number of hydrogen-bond donors (Lipinski definition) is 1. The van der Waals surface area contributed by atoms with E-state index in [-0.39, 0.29) is 19.3 Å². The number of aliphatic carboxylic acids is 1. The van der Waals surface area contributed by atoms with E-state index in [1.165, 1.54) is 0 Å². The molecule has 0 radical (unpaired) electrons. The van der Waals surface area contributed by atoms with Gasteiger partial charge in [0.25, 0.3) is 0 Å². The fourth-order valence-electron chi connectivity index (χ4n) is 3.71. The van der Waals surface area contributed by atoms with Crippen molar-refractivity contribution in [3.8, 4) is 11.5 Å². The first kappa shape index (κ1) is 15.7. The van der Waals surface area contributed by atoms with Crippen molar-refractivity contribution in [1.29, 1.82) is 0 Å². The fraction of sp³-hybridized carbons (Fsp3) is 0.588. The molecule has 0 aromatic heterocycles. The molecule has 7 heteroatoms. The van der Waals surface area contributed by atoms with Crippen molar-refractivity contribution in [3.63, 3.8) is 0 Å². The van der Waals surface area contributed by atoms with Gasteiger partial charge in [0.05, 0.1) is 19.6 Å². The molecule has 24 heavy (non-hydrogen) atoms. The maximum Gasteiger partial charge on any atom is 0.305 e. The highest BCUT2D eigenvalue weighted by molar-refractivity contribution is 5.68. The van der Waals surface area contributed by atoms with Crippen LogP contribution in [0.3, 0.4) is 0 Å². The number of fused-ring (bicyclic) bond motifs is 1. The number of carboxylic acid groups (broad SMARTS) is 1. The summed E-state index contributed by atoms with van der Waals surface area (Å²) in [5, 5.41) is 9.34. The van der Waals surface area contributed by atoms with Gasteiger partial charge in [-0.3, -0.25) is 9.69 Å². The molecule has 2 fully saturated rings. The molecule has 4 rings (SSSR count). The van der Waals surface area contributed by atoms with E-state index in [9.17, 15) is 9.90 Å². The molecular weight excluding hydrogens is 314 g/mol. The summed E-state index contributed by atoms with van der Waals surface area (Å²) in [6, 6.07) is 5.47. The van der Waals surface area contributed by atoms with Gasteiger partial charge in [-0.25, -0.2) is 0 Å². The molecule has 3 heterocycles. The Kier molecular flexibility index (Phi) is 4.07. The van der Waals surface area contributed by atoms with Crippen LogP contribution in [0.2, 0.25) is 0 Å². The third kappa shape index (κ3) is 2.94. The van der Waals surface area contributed by atoms with E-state index in [0.29, 0.717) is 24.7 Å². The highest BCUT2D eigenvalue weighted by Crippen LogP contribution is 2.39. The second-order valence-electron chi connectivity index (χ2n) is 6.37. The standard InChI is InChI=1S/C17H21NO6/c19-16(20)10-13(12-1-2-14-15(9-12)22-11-21-14)18-5-3-17(4-6-18)23-7-8-24-17/h1-2,9,13H,3-8,10-11H2,(H,19,20). The maximum absolute atomic E-state index is 11.4. The number of benzene rings is 1. The van der Waals surface area contributed by atoms with Crippen LogP contribution in [0.4, 0.5) is 0 Å². The minimum Gasteiger partial charge on any atom is -0.481 e. The minimum atomic E-state index is -0.814. The summed E-state index contributed by atoms with van der Waals surface area (Å²) in [7, 11) is 0. The summed E-state index contributed by atoms with van der Waals surface area (Å²) < 4.78 is 22.3. The monoisotopic (exact) mass is 335 g/mol. The van der Waals surface area contributed by atoms with Crippen LogP contribution in [0, 0.1) is 0 Å². The van der Waals surface area contributed by atoms with Crippen LogP contribution in [0.25, 0.3) is 0 Å². The molecule has 1 N–H and O–H groups in total. The van der Waals surface area contributed by atoms with E-state index < -0.39 is 11.8 Å². The third-order valence-corrected chi connectivity index (χ3v) is 4.96. The lowest BCUT2D eigenvalue weighted by Gasteiger charge is -2.41. The Morgan fingerprint density at radius 2 is 1.88 bits per heavy atom. The molecule has 7 nitrogen and oxygen atoms in total. The van der Waals surface area contributed by atoms with Gasteiger partial charge < -0.3 is 24.1 Å². The predicted octanol–water partition coefficient (Wildman–Crippen LogP) is 1.77. The first-order valence-electron chi connectivity index (χ1n) is 8.29. The second kappa shape index (κ2) is 6.23. The van der Waals surface area contributed by atoms with E-state index in [0.717, 1.165) is 31.5 Å². The summed E-state index contributed by atoms with van der Waals surface area (Å²) in [4.78, 5) is 13.6. The van der Waals surface area contributed by atoms with Gasteiger partial charge >= 0.3 is 5.97 Å². The molecule has 130 valence electrons. The van der Waals surface area contributed by atoms with Crippen molar-refractivity contribution in [1.82, 2.24) is 4.90 Å². The summed E-state index contributed by atoms with van der Waals surface area (Å²) in [5.41, 5.74) is 0.936. The molecule has 2 saturated heterocycles. The molecule has 1 aromatic rings. The summed E-state index contributed by atoms with van der Waals surface area (Å²) in [6.07, 6.45) is 1.57. The first-order chi connectivity index (χ1) is 11.7. The zero-order valence-corrected chi connectivity index (χ0v) is 13.4. The van der Waals surface area contributed by atoms with Crippen LogP contribution in [0.1, 0.15) is 30.9 Å². The first-order valence-corrected chi connectivity index (χ1v) is 8.29. The summed E-state index contributed by atoms with van der Waals surface area (Å²) in [6.45, 7) is 2.98. The van der Waals surface area contributed by atoms with Crippen LogP contribution >= 0.6 is 0 Å². The van der Waals surface area contributed by atoms with E-state index >= 15 is 0 Å². The number of ether oxygens (including phenoxy) is 4. The Bertz CT molecular complexity index is 618. The molecule has 0 saturated carbocycles. The molecule has 3 aliphatic heterocycles. The molecule has 0 bridgehead atoms. The zero-order valence-electron chi connectivity index (χ0n) is 13.4. The van der Waals surface area contributed by atoms with Crippen LogP contribution in [-0.2, 0) is 14.3 Å². The van der Waals surface area contributed by atoms with E-state index in [2.05, 4.69) is 4.90 Å².